The molecule has 0 fully saturated rings. The summed E-state index contributed by atoms with van der Waals surface area (Å²) in [5, 5.41) is 0. The molecule has 0 unspecified atom stereocenters. The second kappa shape index (κ2) is 10.9. The van der Waals surface area contributed by atoms with Crippen LogP contribution < -0.4 is 20.9 Å². The molecule has 0 amide bonds. The van der Waals surface area contributed by atoms with E-state index in [1.54, 1.807) is 7.05 Å². The zero-order chi connectivity index (χ0) is 24.1. The van der Waals surface area contributed by atoms with E-state index in [-0.39, 0.29) is 11.2 Å². The van der Waals surface area contributed by atoms with E-state index in [0.29, 0.717) is 36.8 Å². The molecule has 184 valence electrons. The number of benzene rings is 1. The monoisotopic (exact) mass is 467 g/mol. The Balaban J connectivity index is 1.62. The molecule has 1 aliphatic rings. The van der Waals surface area contributed by atoms with Crippen LogP contribution in [0, 0.1) is 0 Å². The Hall–Kier alpha value is -3.03. The van der Waals surface area contributed by atoms with Gasteiger partial charge in [0, 0.05) is 32.4 Å². The van der Waals surface area contributed by atoms with Gasteiger partial charge in [-0.2, -0.15) is 4.98 Å². The highest BCUT2D eigenvalue weighted by Gasteiger charge is 2.26. The number of nitrogens with zero attached hydrogens (tertiary/aromatic N) is 5. The van der Waals surface area contributed by atoms with Crippen LogP contribution in [0.3, 0.4) is 0 Å². The van der Waals surface area contributed by atoms with Gasteiger partial charge in [0.2, 0.25) is 5.95 Å². The fourth-order valence-electron chi connectivity index (χ4n) is 4.82. The fraction of sp³-hybridized carbons (Fsp3) is 0.577. The smallest absolute Gasteiger partial charge is 0.332 e. The minimum absolute atomic E-state index is 0.226. The van der Waals surface area contributed by atoms with Gasteiger partial charge in [0.1, 0.15) is 5.75 Å². The number of aromatic nitrogens is 4. The maximum absolute atomic E-state index is 13.5. The summed E-state index contributed by atoms with van der Waals surface area (Å²) in [4.78, 5) is 33.4. The van der Waals surface area contributed by atoms with Crippen LogP contribution in [-0.4, -0.2) is 31.8 Å². The first-order chi connectivity index (χ1) is 16.6. The zero-order valence-corrected chi connectivity index (χ0v) is 20.8. The lowest BCUT2D eigenvalue weighted by Gasteiger charge is -2.29. The molecule has 0 saturated heterocycles. The highest BCUT2D eigenvalue weighted by molar-refractivity contribution is 5.77. The summed E-state index contributed by atoms with van der Waals surface area (Å²) in [5.74, 6) is 1.54. The molecule has 1 aliphatic heterocycles. The molecule has 0 bridgehead atoms. The third-order valence-corrected chi connectivity index (χ3v) is 6.66. The van der Waals surface area contributed by atoms with E-state index in [9.17, 15) is 9.59 Å². The molecule has 1 aromatic carbocycles. The number of fused-ring (bicyclic) bond motifs is 3. The summed E-state index contributed by atoms with van der Waals surface area (Å²) >= 11 is 0. The van der Waals surface area contributed by atoms with Gasteiger partial charge in [-0.15, -0.1) is 0 Å². The standard InChI is InChI=1S/C26H37N5O3/c1-4-6-7-8-9-10-11-17-31-24(32)22-23(28(3)26(31)33)27-25-29(18-12-19-30(22)25)20-13-15-21(16-14-20)34-5-2/h13-16H,4-12,17-19H2,1-3H3. The first-order valence-electron chi connectivity index (χ1n) is 12.8. The summed E-state index contributed by atoms with van der Waals surface area (Å²) in [6.07, 6.45) is 8.91. The number of hydrogen-bond donors (Lipinski definition) is 0. The molecule has 34 heavy (non-hydrogen) atoms. The van der Waals surface area contributed by atoms with Gasteiger partial charge in [-0.25, -0.2) is 4.79 Å². The molecule has 4 rings (SSSR count). The molecule has 2 aromatic heterocycles. The van der Waals surface area contributed by atoms with E-state index in [0.717, 1.165) is 43.7 Å². The quantitative estimate of drug-likeness (QED) is 0.386. The molecular weight excluding hydrogens is 430 g/mol. The van der Waals surface area contributed by atoms with Gasteiger partial charge in [-0.3, -0.25) is 13.9 Å². The summed E-state index contributed by atoms with van der Waals surface area (Å²) in [7, 11) is 1.71. The van der Waals surface area contributed by atoms with Gasteiger partial charge < -0.3 is 14.2 Å². The molecule has 3 heterocycles. The van der Waals surface area contributed by atoms with Crippen LogP contribution in [0.25, 0.3) is 11.2 Å². The molecule has 0 saturated carbocycles. The van der Waals surface area contributed by atoms with Crippen molar-refractivity contribution in [3.05, 3.63) is 45.1 Å². The summed E-state index contributed by atoms with van der Waals surface area (Å²) in [6, 6.07) is 7.92. The SMILES string of the molecule is CCCCCCCCCn1c(=O)c2c(nc3n2CCCN3c2ccc(OCC)cc2)n(C)c1=O. The molecule has 0 N–H and O–H groups in total. The second-order valence-corrected chi connectivity index (χ2v) is 9.09. The highest BCUT2D eigenvalue weighted by Crippen LogP contribution is 2.31. The van der Waals surface area contributed by atoms with Crippen molar-refractivity contribution in [3.63, 3.8) is 0 Å². The van der Waals surface area contributed by atoms with E-state index in [1.165, 1.54) is 34.8 Å². The predicted molar refractivity (Wildman–Crippen MR) is 136 cm³/mol. The molecular formula is C26H37N5O3. The Kier molecular flexibility index (Phi) is 7.75. The molecule has 8 heteroatoms. The number of hydrogen-bond acceptors (Lipinski definition) is 5. The minimum Gasteiger partial charge on any atom is -0.494 e. The minimum atomic E-state index is -0.286. The van der Waals surface area contributed by atoms with Crippen LogP contribution in [0.5, 0.6) is 5.75 Å². The summed E-state index contributed by atoms with van der Waals surface area (Å²) in [5.41, 5.74) is 1.46. The Morgan fingerprint density at radius 1 is 0.941 bits per heavy atom. The van der Waals surface area contributed by atoms with Crippen molar-refractivity contribution in [2.45, 2.75) is 78.3 Å². The molecule has 3 aromatic rings. The van der Waals surface area contributed by atoms with Crippen LogP contribution in [-0.2, 0) is 20.1 Å². The third kappa shape index (κ3) is 4.76. The van der Waals surface area contributed by atoms with E-state index >= 15 is 0 Å². The van der Waals surface area contributed by atoms with E-state index < -0.39 is 0 Å². The number of ether oxygens (including phenoxy) is 1. The maximum Gasteiger partial charge on any atom is 0.332 e. The van der Waals surface area contributed by atoms with Crippen molar-refractivity contribution in [2.75, 3.05) is 18.1 Å². The third-order valence-electron chi connectivity index (χ3n) is 6.66. The topological polar surface area (TPSA) is 74.3 Å². The lowest BCUT2D eigenvalue weighted by atomic mass is 10.1. The predicted octanol–water partition coefficient (Wildman–Crippen LogP) is 4.59. The van der Waals surface area contributed by atoms with Gasteiger partial charge in [0.05, 0.1) is 6.61 Å². The summed E-state index contributed by atoms with van der Waals surface area (Å²) in [6.45, 7) is 6.77. The van der Waals surface area contributed by atoms with Gasteiger partial charge in [0.15, 0.2) is 11.2 Å². The van der Waals surface area contributed by atoms with Crippen molar-refractivity contribution >= 4 is 22.8 Å². The van der Waals surface area contributed by atoms with Crippen molar-refractivity contribution in [1.29, 1.82) is 0 Å². The average Bonchev–Trinajstić information content (AvgIpc) is 3.25. The van der Waals surface area contributed by atoms with Crippen molar-refractivity contribution in [1.82, 2.24) is 18.7 Å². The van der Waals surface area contributed by atoms with Gasteiger partial charge in [-0.05, 0) is 44.0 Å². The molecule has 0 aliphatic carbocycles. The van der Waals surface area contributed by atoms with E-state index in [4.69, 9.17) is 9.72 Å². The Bertz CT molecular complexity index is 1220. The number of imidazole rings is 1. The molecule has 8 nitrogen and oxygen atoms in total. The molecule has 0 spiro atoms. The van der Waals surface area contributed by atoms with Crippen molar-refractivity contribution < 1.29 is 4.74 Å². The Morgan fingerprint density at radius 2 is 1.65 bits per heavy atom. The van der Waals surface area contributed by atoms with Gasteiger partial charge >= 0.3 is 5.69 Å². The highest BCUT2D eigenvalue weighted by atomic mass is 16.5. The Morgan fingerprint density at radius 3 is 2.35 bits per heavy atom. The second-order valence-electron chi connectivity index (χ2n) is 9.09. The van der Waals surface area contributed by atoms with E-state index in [1.807, 2.05) is 35.8 Å². The molecule has 0 atom stereocenters. The first kappa shape index (κ1) is 24.1. The van der Waals surface area contributed by atoms with Crippen LogP contribution >= 0.6 is 0 Å². The lowest BCUT2D eigenvalue weighted by Crippen LogP contribution is -2.40. The van der Waals surface area contributed by atoms with Crippen molar-refractivity contribution in [2.24, 2.45) is 7.05 Å². The van der Waals surface area contributed by atoms with Gasteiger partial charge in [0.25, 0.3) is 5.56 Å². The van der Waals surface area contributed by atoms with Crippen LogP contribution in [0.15, 0.2) is 33.9 Å². The fourth-order valence-corrected chi connectivity index (χ4v) is 4.82. The van der Waals surface area contributed by atoms with Crippen molar-refractivity contribution in [3.8, 4) is 5.75 Å². The largest absolute Gasteiger partial charge is 0.494 e. The van der Waals surface area contributed by atoms with E-state index in [2.05, 4.69) is 11.8 Å². The number of unbranched alkanes of at least 4 members (excludes halogenated alkanes) is 6. The van der Waals surface area contributed by atoms with Crippen LogP contribution in [0.1, 0.15) is 65.2 Å². The Labute approximate surface area is 200 Å². The lowest BCUT2D eigenvalue weighted by molar-refractivity contribution is 0.340. The number of rotatable bonds is 11. The average molecular weight is 468 g/mol. The normalized spacial score (nSPS) is 13.4. The maximum atomic E-state index is 13.5. The number of aryl methyl sites for hydroxylation is 2. The van der Waals surface area contributed by atoms with Crippen LogP contribution in [0.2, 0.25) is 0 Å². The first-order valence-corrected chi connectivity index (χ1v) is 12.8. The number of anilines is 2. The van der Waals surface area contributed by atoms with Crippen LogP contribution in [0.4, 0.5) is 11.6 Å². The van der Waals surface area contributed by atoms with Gasteiger partial charge in [-0.1, -0.05) is 45.4 Å². The summed E-state index contributed by atoms with van der Waals surface area (Å²) < 4.78 is 10.5. The zero-order valence-electron chi connectivity index (χ0n) is 20.8. The molecule has 0 radical (unpaired) electrons.